The molecule has 1 saturated carbocycles. The van der Waals surface area contributed by atoms with Crippen LogP contribution in [0.25, 0.3) is 0 Å². The van der Waals surface area contributed by atoms with E-state index in [2.05, 4.69) is 0 Å². The monoisotopic (exact) mass is 214 g/mol. The van der Waals surface area contributed by atoms with Crippen LogP contribution in [0, 0.1) is 17.8 Å². The van der Waals surface area contributed by atoms with Gasteiger partial charge in [-0.25, -0.2) is 0 Å². The van der Waals surface area contributed by atoms with Gasteiger partial charge in [0.1, 0.15) is 0 Å². The molecule has 0 radical (unpaired) electrons. The molecular weight excluding hydrogens is 192 g/mol. The van der Waals surface area contributed by atoms with Crippen LogP contribution in [-0.2, 0) is 4.79 Å². The summed E-state index contributed by atoms with van der Waals surface area (Å²) in [4.78, 5) is 11.2. The van der Waals surface area contributed by atoms with Gasteiger partial charge in [0.25, 0.3) is 0 Å². The van der Waals surface area contributed by atoms with Gasteiger partial charge in [-0.2, -0.15) is 0 Å². The van der Waals surface area contributed by atoms with E-state index in [1.807, 2.05) is 13.8 Å². The van der Waals surface area contributed by atoms with Crippen molar-refractivity contribution >= 4 is 5.97 Å². The molecule has 0 bridgehead atoms. The maximum absolute atomic E-state index is 11.2. The van der Waals surface area contributed by atoms with Gasteiger partial charge < -0.3 is 10.2 Å². The summed E-state index contributed by atoms with van der Waals surface area (Å²) in [7, 11) is 0. The lowest BCUT2D eigenvalue weighted by Gasteiger charge is -2.28. The van der Waals surface area contributed by atoms with E-state index in [0.717, 1.165) is 25.7 Å². The molecule has 0 aromatic heterocycles. The summed E-state index contributed by atoms with van der Waals surface area (Å²) in [6.45, 7) is 3.76. The van der Waals surface area contributed by atoms with Crippen LogP contribution in [0.3, 0.4) is 0 Å². The molecule has 1 aliphatic rings. The van der Waals surface area contributed by atoms with E-state index in [4.69, 9.17) is 0 Å². The molecule has 0 aromatic rings. The molecule has 2 N–H and O–H groups in total. The first-order chi connectivity index (χ1) is 7.07. The Morgan fingerprint density at radius 2 is 1.93 bits per heavy atom. The zero-order chi connectivity index (χ0) is 11.4. The van der Waals surface area contributed by atoms with Crippen molar-refractivity contribution in [2.45, 2.75) is 52.1 Å². The van der Waals surface area contributed by atoms with E-state index in [9.17, 15) is 15.0 Å². The molecule has 3 nitrogen and oxygen atoms in total. The zero-order valence-electron chi connectivity index (χ0n) is 9.65. The fraction of sp³-hybridized carbons (Fsp3) is 0.917. The summed E-state index contributed by atoms with van der Waals surface area (Å²) in [5.74, 6) is -0.946. The highest BCUT2D eigenvalue weighted by Gasteiger charge is 2.37. The zero-order valence-corrected chi connectivity index (χ0v) is 9.65. The van der Waals surface area contributed by atoms with Gasteiger partial charge >= 0.3 is 5.97 Å². The number of hydrogen-bond donors (Lipinski definition) is 2. The first-order valence-electron chi connectivity index (χ1n) is 5.98. The van der Waals surface area contributed by atoms with Crippen LogP contribution in [0.1, 0.15) is 46.0 Å². The lowest BCUT2D eigenvalue weighted by atomic mass is 9.78. The van der Waals surface area contributed by atoms with Crippen LogP contribution in [0.2, 0.25) is 0 Å². The van der Waals surface area contributed by atoms with Crippen molar-refractivity contribution in [2.75, 3.05) is 0 Å². The number of aliphatic carboxylic acids is 1. The average molecular weight is 214 g/mol. The van der Waals surface area contributed by atoms with Gasteiger partial charge in [0.15, 0.2) is 0 Å². The predicted octanol–water partition coefficient (Wildman–Crippen LogP) is 2.28. The van der Waals surface area contributed by atoms with Gasteiger partial charge in [-0.05, 0) is 31.1 Å². The molecule has 88 valence electrons. The fourth-order valence-electron chi connectivity index (χ4n) is 2.78. The number of rotatable bonds is 5. The number of aliphatic hydroxyl groups excluding tert-OH is 1. The molecule has 1 aliphatic carbocycles. The lowest BCUT2D eigenvalue weighted by Crippen LogP contribution is -2.35. The van der Waals surface area contributed by atoms with Gasteiger partial charge in [0.2, 0.25) is 0 Å². The molecule has 1 rings (SSSR count). The largest absolute Gasteiger partial charge is 0.481 e. The third-order valence-electron chi connectivity index (χ3n) is 3.78. The molecule has 3 atom stereocenters. The quantitative estimate of drug-likeness (QED) is 0.738. The van der Waals surface area contributed by atoms with E-state index in [1.54, 1.807) is 0 Å². The molecule has 0 aromatic carbocycles. The Balaban J connectivity index is 2.68. The smallest absolute Gasteiger partial charge is 0.307 e. The Bertz CT molecular complexity index is 209. The van der Waals surface area contributed by atoms with Crippen LogP contribution < -0.4 is 0 Å². The Kier molecular flexibility index (Phi) is 4.58. The lowest BCUT2D eigenvalue weighted by molar-refractivity contribution is -0.147. The highest BCUT2D eigenvalue weighted by atomic mass is 16.4. The maximum atomic E-state index is 11.2. The van der Waals surface area contributed by atoms with Crippen LogP contribution in [0.15, 0.2) is 0 Å². The fourth-order valence-corrected chi connectivity index (χ4v) is 2.78. The van der Waals surface area contributed by atoms with E-state index in [0.29, 0.717) is 6.42 Å². The first-order valence-corrected chi connectivity index (χ1v) is 5.98. The molecule has 0 aliphatic heterocycles. The number of hydrogen-bond acceptors (Lipinski definition) is 2. The van der Waals surface area contributed by atoms with Crippen LogP contribution in [-0.4, -0.2) is 22.3 Å². The minimum Gasteiger partial charge on any atom is -0.481 e. The van der Waals surface area contributed by atoms with Gasteiger partial charge in [-0.1, -0.05) is 26.7 Å². The molecule has 3 heteroatoms. The normalized spacial score (nSPS) is 23.7. The summed E-state index contributed by atoms with van der Waals surface area (Å²) < 4.78 is 0. The Morgan fingerprint density at radius 3 is 2.33 bits per heavy atom. The second kappa shape index (κ2) is 5.50. The van der Waals surface area contributed by atoms with Crippen LogP contribution in [0.5, 0.6) is 0 Å². The number of carboxylic acids is 1. The Labute approximate surface area is 91.5 Å². The third kappa shape index (κ3) is 2.94. The van der Waals surface area contributed by atoms with Crippen molar-refractivity contribution in [3.8, 4) is 0 Å². The molecule has 0 heterocycles. The summed E-state index contributed by atoms with van der Waals surface area (Å²) >= 11 is 0. The minimum atomic E-state index is -0.734. The standard InChI is InChI=1S/C12H22O3/c1-3-10(13)8(2)11(12(14)15)9-6-4-5-7-9/h8-11,13H,3-7H2,1-2H3,(H,14,15). The highest BCUT2D eigenvalue weighted by molar-refractivity contribution is 5.70. The molecule has 0 saturated heterocycles. The van der Waals surface area contributed by atoms with Crippen molar-refractivity contribution in [1.82, 2.24) is 0 Å². The van der Waals surface area contributed by atoms with Crippen molar-refractivity contribution in [3.63, 3.8) is 0 Å². The summed E-state index contributed by atoms with van der Waals surface area (Å²) in [6.07, 6.45) is 4.46. The van der Waals surface area contributed by atoms with Gasteiger partial charge in [-0.3, -0.25) is 4.79 Å². The van der Waals surface area contributed by atoms with Crippen LogP contribution in [0.4, 0.5) is 0 Å². The average Bonchev–Trinajstić information content (AvgIpc) is 2.69. The molecule has 1 fully saturated rings. The van der Waals surface area contributed by atoms with E-state index in [-0.39, 0.29) is 17.8 Å². The highest BCUT2D eigenvalue weighted by Crippen LogP contribution is 2.36. The van der Waals surface area contributed by atoms with Crippen LogP contribution >= 0.6 is 0 Å². The summed E-state index contributed by atoms with van der Waals surface area (Å²) in [6, 6.07) is 0. The van der Waals surface area contributed by atoms with Gasteiger partial charge in [0.05, 0.1) is 12.0 Å². The Hall–Kier alpha value is -0.570. The topological polar surface area (TPSA) is 57.5 Å². The van der Waals surface area contributed by atoms with E-state index < -0.39 is 12.1 Å². The second-order valence-electron chi connectivity index (χ2n) is 4.74. The van der Waals surface area contributed by atoms with Gasteiger partial charge in [-0.15, -0.1) is 0 Å². The van der Waals surface area contributed by atoms with Crippen molar-refractivity contribution in [3.05, 3.63) is 0 Å². The maximum Gasteiger partial charge on any atom is 0.307 e. The first kappa shape index (κ1) is 12.5. The molecule has 3 unspecified atom stereocenters. The summed E-state index contributed by atoms with van der Waals surface area (Å²) in [5.41, 5.74) is 0. The van der Waals surface area contributed by atoms with Crippen molar-refractivity contribution in [2.24, 2.45) is 17.8 Å². The predicted molar refractivity (Wildman–Crippen MR) is 58.5 cm³/mol. The van der Waals surface area contributed by atoms with Gasteiger partial charge in [0, 0.05) is 0 Å². The SMILES string of the molecule is CCC(O)C(C)C(C(=O)O)C1CCCC1. The number of carbonyl (C=O) groups is 1. The molecule has 0 spiro atoms. The van der Waals surface area contributed by atoms with Crippen molar-refractivity contribution in [1.29, 1.82) is 0 Å². The number of aliphatic hydroxyl groups is 1. The minimum absolute atomic E-state index is 0.129. The molecule has 15 heavy (non-hydrogen) atoms. The summed E-state index contributed by atoms with van der Waals surface area (Å²) in [5, 5.41) is 19.0. The number of carboxylic acid groups (broad SMARTS) is 1. The van der Waals surface area contributed by atoms with E-state index in [1.165, 1.54) is 0 Å². The second-order valence-corrected chi connectivity index (χ2v) is 4.74. The van der Waals surface area contributed by atoms with Crippen molar-refractivity contribution < 1.29 is 15.0 Å². The molecule has 0 amide bonds. The molecular formula is C12H22O3. The third-order valence-corrected chi connectivity index (χ3v) is 3.78. The van der Waals surface area contributed by atoms with E-state index >= 15 is 0 Å². The Morgan fingerprint density at radius 1 is 1.40 bits per heavy atom.